The molecule has 0 amide bonds. The summed E-state index contributed by atoms with van der Waals surface area (Å²) in [7, 11) is 0. The molecule has 0 N–H and O–H groups in total. The van der Waals surface area contributed by atoms with E-state index in [0.717, 1.165) is 6.92 Å². The summed E-state index contributed by atoms with van der Waals surface area (Å²) in [5.41, 5.74) is -1.84. The van der Waals surface area contributed by atoms with E-state index in [0.29, 0.717) is 0 Å². The molecule has 0 aromatic rings. The van der Waals surface area contributed by atoms with Crippen molar-refractivity contribution in [1.82, 2.24) is 0 Å². The van der Waals surface area contributed by atoms with Gasteiger partial charge in [0.15, 0.2) is 0 Å². The molecule has 1 rings (SSSR count). The Morgan fingerprint density at radius 2 is 2.33 bits per heavy atom. The summed E-state index contributed by atoms with van der Waals surface area (Å²) in [5.74, 6) is -2.40. The third-order valence-corrected chi connectivity index (χ3v) is 1.12. The molecular formula is C9H18. The Bertz CT molecular complexity index is 249. The van der Waals surface area contributed by atoms with Crippen molar-refractivity contribution < 1.29 is 12.3 Å². The smallest absolute Gasteiger partial charge is 0.0300 e. The van der Waals surface area contributed by atoms with Gasteiger partial charge < -0.3 is 0 Å². The quantitative estimate of drug-likeness (QED) is 0.478. The first-order valence-electron chi connectivity index (χ1n) is 7.50. The van der Waals surface area contributed by atoms with Gasteiger partial charge in [-0.2, -0.15) is 0 Å². The monoisotopic (exact) mass is 135 g/mol. The van der Waals surface area contributed by atoms with E-state index in [2.05, 4.69) is 0 Å². The van der Waals surface area contributed by atoms with Gasteiger partial charge in [-0.1, -0.05) is 33.5 Å². The first kappa shape index (κ1) is 1.78. The molecule has 0 spiro atoms. The van der Waals surface area contributed by atoms with Gasteiger partial charge in [0.05, 0.1) is 0 Å². The molecule has 1 saturated carbocycles. The Hall–Kier alpha value is 0. The Kier molecular flexibility index (Phi) is 0.458. The van der Waals surface area contributed by atoms with Gasteiger partial charge in [0.2, 0.25) is 0 Å². The zero-order valence-electron chi connectivity index (χ0n) is 15.0. The first-order chi connectivity index (χ1) is 7.50. The molecule has 0 nitrogen and oxygen atoms in total. The molecular weight excluding hydrogens is 108 g/mol. The van der Waals surface area contributed by atoms with Gasteiger partial charge in [-0.3, -0.25) is 0 Å². The van der Waals surface area contributed by atoms with Gasteiger partial charge in [-0.25, -0.2) is 0 Å². The van der Waals surface area contributed by atoms with E-state index in [1.54, 1.807) is 0 Å². The van der Waals surface area contributed by atoms with Crippen LogP contribution in [0, 0.1) is 11.3 Å². The maximum absolute atomic E-state index is 7.96. The fourth-order valence-electron chi connectivity index (χ4n) is 0.812. The summed E-state index contributed by atoms with van der Waals surface area (Å²) in [4.78, 5) is 0. The normalized spacial score (nSPS) is 79.7. The van der Waals surface area contributed by atoms with Crippen LogP contribution in [0.3, 0.4) is 0 Å². The van der Waals surface area contributed by atoms with Crippen LogP contribution in [0.5, 0.6) is 0 Å². The van der Waals surface area contributed by atoms with Crippen molar-refractivity contribution >= 4 is 0 Å². The molecule has 1 fully saturated rings. The topological polar surface area (TPSA) is 0 Å². The molecule has 9 heavy (non-hydrogen) atoms. The van der Waals surface area contributed by atoms with Crippen LogP contribution in [0.15, 0.2) is 0 Å². The second-order valence-electron chi connectivity index (χ2n) is 2.75. The molecule has 1 aliphatic carbocycles. The fraction of sp³-hybridized carbons (Fsp3) is 1.00. The number of rotatable bonds is 0. The Morgan fingerprint density at radius 3 is 3.00 bits per heavy atom. The van der Waals surface area contributed by atoms with Crippen molar-refractivity contribution in [3.05, 3.63) is 0 Å². The zero-order chi connectivity index (χ0) is 15.0. The highest BCUT2D eigenvalue weighted by molar-refractivity contribution is 4.76. The van der Waals surface area contributed by atoms with Gasteiger partial charge in [-0.05, 0) is 24.1 Å². The highest BCUT2D eigenvalue weighted by Gasteiger charge is 2.24. The van der Waals surface area contributed by atoms with E-state index in [1.807, 2.05) is 0 Å². The van der Waals surface area contributed by atoms with Crippen LogP contribution in [0.1, 0.15) is 58.6 Å². The van der Waals surface area contributed by atoms with Crippen LogP contribution in [-0.2, 0) is 0 Å². The molecule has 0 heterocycles. The minimum atomic E-state index is -2.97. The molecule has 1 unspecified atom stereocenters. The second-order valence-corrected chi connectivity index (χ2v) is 2.75. The van der Waals surface area contributed by atoms with E-state index >= 15 is 0 Å². The summed E-state index contributed by atoms with van der Waals surface area (Å²) >= 11 is 0. The lowest BCUT2D eigenvalue weighted by molar-refractivity contribution is 0.191. The summed E-state index contributed by atoms with van der Waals surface area (Å²) < 4.78 is 70.5. The fourth-order valence-corrected chi connectivity index (χ4v) is 0.812. The van der Waals surface area contributed by atoms with Crippen molar-refractivity contribution in [3.8, 4) is 0 Å². The van der Waals surface area contributed by atoms with Gasteiger partial charge >= 0.3 is 0 Å². The third kappa shape index (κ3) is 2.00. The lowest BCUT2D eigenvalue weighted by Gasteiger charge is -2.33. The predicted molar refractivity (Wildman–Crippen MR) is 41.4 cm³/mol. The van der Waals surface area contributed by atoms with E-state index in [-0.39, 0.29) is 0 Å². The highest BCUT2D eigenvalue weighted by Crippen LogP contribution is 2.37. The Labute approximate surface area is 71.3 Å². The number of hydrogen-bond donors (Lipinski definition) is 0. The van der Waals surface area contributed by atoms with Crippen molar-refractivity contribution in [2.24, 2.45) is 11.3 Å². The van der Waals surface area contributed by atoms with E-state index < -0.39 is 36.8 Å². The average Bonchev–Trinajstić information content (AvgIpc) is 2.14. The second kappa shape index (κ2) is 2.32. The van der Waals surface area contributed by atoms with Crippen molar-refractivity contribution in [1.29, 1.82) is 0 Å². The third-order valence-electron chi connectivity index (χ3n) is 1.12. The van der Waals surface area contributed by atoms with Gasteiger partial charge in [-0.15, -0.1) is 0 Å². The standard InChI is InChI=1S/C9H18/c1-8-5-4-6-9(2,3)7-8/h8H,4-7H2,1-3H3/i4D2,5D2,6D2,7D2,8D. The predicted octanol–water partition coefficient (Wildman–Crippen LogP) is 3.22. The van der Waals surface area contributed by atoms with E-state index in [1.165, 1.54) is 13.8 Å². The zero-order valence-corrected chi connectivity index (χ0v) is 6.00. The lowest BCUT2D eigenvalue weighted by Crippen LogP contribution is -2.20. The largest absolute Gasteiger partial charge is 0.0625 e. The molecule has 0 heteroatoms. The van der Waals surface area contributed by atoms with Gasteiger partial charge in [0.1, 0.15) is 0 Å². The molecule has 1 aliphatic rings. The van der Waals surface area contributed by atoms with E-state index in [9.17, 15) is 0 Å². The van der Waals surface area contributed by atoms with Crippen LogP contribution < -0.4 is 0 Å². The number of hydrogen-bond acceptors (Lipinski definition) is 0. The van der Waals surface area contributed by atoms with Crippen molar-refractivity contribution in [3.63, 3.8) is 0 Å². The molecule has 1 atom stereocenters. The minimum Gasteiger partial charge on any atom is -0.0625 e. The van der Waals surface area contributed by atoms with E-state index in [4.69, 9.17) is 12.3 Å². The van der Waals surface area contributed by atoms with Crippen LogP contribution in [0.4, 0.5) is 0 Å². The lowest BCUT2D eigenvalue weighted by atomic mass is 9.73. The molecule has 0 aliphatic heterocycles. The Morgan fingerprint density at radius 1 is 1.67 bits per heavy atom. The van der Waals surface area contributed by atoms with Crippen molar-refractivity contribution in [2.45, 2.75) is 46.3 Å². The average molecular weight is 135 g/mol. The summed E-state index contributed by atoms with van der Waals surface area (Å²) in [6.45, 7) is 3.39. The van der Waals surface area contributed by atoms with Crippen molar-refractivity contribution in [2.75, 3.05) is 0 Å². The summed E-state index contributed by atoms with van der Waals surface area (Å²) in [6, 6.07) is 0. The molecule has 0 aromatic heterocycles. The molecule has 0 aromatic carbocycles. The molecule has 0 radical (unpaired) electrons. The van der Waals surface area contributed by atoms with Crippen LogP contribution >= 0.6 is 0 Å². The Balaban J connectivity index is 3.72. The maximum Gasteiger partial charge on any atom is 0.0300 e. The van der Waals surface area contributed by atoms with Crippen LogP contribution in [0.25, 0.3) is 0 Å². The van der Waals surface area contributed by atoms with Crippen LogP contribution in [0.2, 0.25) is 0 Å². The maximum atomic E-state index is 7.96. The highest BCUT2D eigenvalue weighted by atomic mass is 14.3. The van der Waals surface area contributed by atoms with Gasteiger partial charge in [0.25, 0.3) is 0 Å². The van der Waals surface area contributed by atoms with Crippen LogP contribution in [-0.4, -0.2) is 0 Å². The SMILES string of the molecule is [2H]C1([2H])C([2H])([2H])C([2H])(C)C([2H])([2H])C(C)(C)C1([2H])[2H]. The summed E-state index contributed by atoms with van der Waals surface area (Å²) in [5, 5.41) is 0. The first-order valence-corrected chi connectivity index (χ1v) is 3.00. The summed E-state index contributed by atoms with van der Waals surface area (Å²) in [6.07, 6.45) is -11.2. The molecule has 0 bridgehead atoms. The molecule has 0 saturated heterocycles. The minimum absolute atomic E-state index is 0.988. The molecule has 54 valence electrons. The van der Waals surface area contributed by atoms with Gasteiger partial charge in [0, 0.05) is 12.3 Å².